The van der Waals surface area contributed by atoms with E-state index in [1.54, 1.807) is 0 Å². The number of carbonyl (C=O) groups excluding carboxylic acids is 1. The number of hydrogen-bond donors (Lipinski definition) is 1. The van der Waals surface area contributed by atoms with Gasteiger partial charge in [0, 0.05) is 12.2 Å². The summed E-state index contributed by atoms with van der Waals surface area (Å²) < 4.78 is 5.18. The van der Waals surface area contributed by atoms with E-state index in [1.807, 2.05) is 38.1 Å². The number of anilines is 1. The summed E-state index contributed by atoms with van der Waals surface area (Å²) in [6.07, 6.45) is 5.31. The first-order valence-electron chi connectivity index (χ1n) is 8.09. The normalized spacial score (nSPS) is 22.1. The van der Waals surface area contributed by atoms with Crippen LogP contribution in [0.2, 0.25) is 0 Å². The molecule has 0 bridgehead atoms. The van der Waals surface area contributed by atoms with E-state index in [2.05, 4.69) is 12.2 Å². The van der Waals surface area contributed by atoms with Crippen LogP contribution in [0.25, 0.3) is 0 Å². The van der Waals surface area contributed by atoms with Crippen LogP contribution in [0.5, 0.6) is 0 Å². The topological polar surface area (TPSA) is 38.3 Å². The highest BCUT2D eigenvalue weighted by molar-refractivity contribution is 5.89. The van der Waals surface area contributed by atoms with Crippen LogP contribution in [0, 0.1) is 11.8 Å². The molecule has 0 spiro atoms. The van der Waals surface area contributed by atoms with Crippen molar-refractivity contribution in [2.45, 2.75) is 52.6 Å². The molecular formula is C18H27NO2. The highest BCUT2D eigenvalue weighted by atomic mass is 16.5. The maximum Gasteiger partial charge on any atom is 0.338 e. The van der Waals surface area contributed by atoms with Crippen molar-refractivity contribution in [1.82, 2.24) is 0 Å². The van der Waals surface area contributed by atoms with Crippen molar-refractivity contribution < 1.29 is 9.53 Å². The molecule has 3 nitrogen and oxygen atoms in total. The fourth-order valence-electron chi connectivity index (χ4n) is 3.01. The third kappa shape index (κ3) is 5.07. The van der Waals surface area contributed by atoms with Crippen molar-refractivity contribution >= 4 is 11.7 Å². The zero-order valence-electron chi connectivity index (χ0n) is 13.4. The van der Waals surface area contributed by atoms with Crippen LogP contribution in [0.15, 0.2) is 24.3 Å². The lowest BCUT2D eigenvalue weighted by Gasteiger charge is -2.27. The van der Waals surface area contributed by atoms with E-state index in [9.17, 15) is 4.79 Å². The maximum atomic E-state index is 11.8. The fraction of sp³-hybridized carbons (Fsp3) is 0.611. The second-order valence-electron chi connectivity index (χ2n) is 6.55. The molecule has 2 rings (SSSR count). The van der Waals surface area contributed by atoms with E-state index < -0.39 is 0 Å². The average Bonchev–Trinajstić information content (AvgIpc) is 2.45. The molecular weight excluding hydrogens is 262 g/mol. The quantitative estimate of drug-likeness (QED) is 0.812. The zero-order valence-corrected chi connectivity index (χ0v) is 13.4. The maximum absolute atomic E-state index is 11.8. The molecule has 2 unspecified atom stereocenters. The number of nitrogens with one attached hydrogen (secondary N) is 1. The Kier molecular flexibility index (Phi) is 5.66. The standard InChI is InChI=1S/C18H27NO2/c1-13(2)21-18(20)16-7-9-17(10-8-16)19-12-15-6-4-5-14(3)11-15/h7-10,13-15,19H,4-6,11-12H2,1-3H3. The number of ether oxygens (including phenoxy) is 1. The minimum atomic E-state index is -0.252. The van der Waals surface area contributed by atoms with Gasteiger partial charge in [0.2, 0.25) is 0 Å². The molecule has 2 atom stereocenters. The van der Waals surface area contributed by atoms with Gasteiger partial charge in [-0.25, -0.2) is 4.79 Å². The molecule has 0 aliphatic heterocycles. The summed E-state index contributed by atoms with van der Waals surface area (Å²) in [5.41, 5.74) is 1.69. The van der Waals surface area contributed by atoms with Crippen molar-refractivity contribution in [1.29, 1.82) is 0 Å². The Hall–Kier alpha value is -1.51. The number of hydrogen-bond acceptors (Lipinski definition) is 3. The molecule has 0 amide bonds. The summed E-state index contributed by atoms with van der Waals surface area (Å²) in [5.74, 6) is 1.38. The predicted molar refractivity (Wildman–Crippen MR) is 86.6 cm³/mol. The van der Waals surface area contributed by atoms with Crippen LogP contribution < -0.4 is 5.32 Å². The molecule has 1 N–H and O–H groups in total. The molecule has 1 aromatic carbocycles. The fourth-order valence-corrected chi connectivity index (χ4v) is 3.01. The van der Waals surface area contributed by atoms with Crippen LogP contribution in [0.1, 0.15) is 56.8 Å². The molecule has 0 aromatic heterocycles. The molecule has 1 aliphatic carbocycles. The first-order chi connectivity index (χ1) is 10.0. The molecule has 116 valence electrons. The Bertz CT molecular complexity index is 453. The second-order valence-corrected chi connectivity index (χ2v) is 6.55. The van der Waals surface area contributed by atoms with Gasteiger partial charge >= 0.3 is 5.97 Å². The Morgan fingerprint density at radius 2 is 2.00 bits per heavy atom. The van der Waals surface area contributed by atoms with Crippen molar-refractivity contribution in [3.63, 3.8) is 0 Å². The molecule has 0 saturated heterocycles. The van der Waals surface area contributed by atoms with E-state index in [-0.39, 0.29) is 12.1 Å². The smallest absolute Gasteiger partial charge is 0.338 e. The van der Waals surface area contributed by atoms with Gasteiger partial charge in [-0.3, -0.25) is 0 Å². The third-order valence-electron chi connectivity index (χ3n) is 4.10. The first-order valence-corrected chi connectivity index (χ1v) is 8.09. The molecule has 0 heterocycles. The lowest BCUT2D eigenvalue weighted by molar-refractivity contribution is 0.0378. The zero-order chi connectivity index (χ0) is 15.2. The second kappa shape index (κ2) is 7.48. The van der Waals surface area contributed by atoms with E-state index in [0.717, 1.165) is 24.1 Å². The van der Waals surface area contributed by atoms with Crippen molar-refractivity contribution in [3.05, 3.63) is 29.8 Å². The van der Waals surface area contributed by atoms with E-state index >= 15 is 0 Å². The lowest BCUT2D eigenvalue weighted by Crippen LogP contribution is -2.21. The van der Waals surface area contributed by atoms with Crippen LogP contribution in [-0.4, -0.2) is 18.6 Å². The van der Waals surface area contributed by atoms with E-state index in [4.69, 9.17) is 4.74 Å². The summed E-state index contributed by atoms with van der Waals surface area (Å²) >= 11 is 0. The van der Waals surface area contributed by atoms with Gasteiger partial charge in [-0.15, -0.1) is 0 Å². The van der Waals surface area contributed by atoms with Gasteiger partial charge in [0.1, 0.15) is 0 Å². The van der Waals surface area contributed by atoms with Gasteiger partial charge in [-0.1, -0.05) is 19.8 Å². The lowest BCUT2D eigenvalue weighted by atomic mass is 9.82. The number of benzene rings is 1. The SMILES string of the molecule is CC1CCCC(CNc2ccc(C(=O)OC(C)C)cc2)C1. The highest BCUT2D eigenvalue weighted by Crippen LogP contribution is 2.28. The van der Waals surface area contributed by atoms with Gasteiger partial charge < -0.3 is 10.1 Å². The summed E-state index contributed by atoms with van der Waals surface area (Å²) in [4.78, 5) is 11.8. The molecule has 0 radical (unpaired) electrons. The molecule has 21 heavy (non-hydrogen) atoms. The van der Waals surface area contributed by atoms with Crippen molar-refractivity contribution in [3.8, 4) is 0 Å². The Morgan fingerprint density at radius 3 is 2.62 bits per heavy atom. The molecule has 3 heteroatoms. The summed E-state index contributed by atoms with van der Waals surface area (Å²) in [7, 11) is 0. The van der Waals surface area contributed by atoms with Crippen molar-refractivity contribution in [2.24, 2.45) is 11.8 Å². The van der Waals surface area contributed by atoms with E-state index in [0.29, 0.717) is 5.56 Å². The number of rotatable bonds is 5. The van der Waals surface area contributed by atoms with Gasteiger partial charge in [0.25, 0.3) is 0 Å². The summed E-state index contributed by atoms with van der Waals surface area (Å²) in [6.45, 7) is 7.10. The average molecular weight is 289 g/mol. The van der Waals surface area contributed by atoms with Crippen LogP contribution in [0.3, 0.4) is 0 Å². The number of esters is 1. The van der Waals surface area contributed by atoms with Gasteiger partial charge in [-0.05, 0) is 62.8 Å². The van der Waals surface area contributed by atoms with Gasteiger partial charge in [0.15, 0.2) is 0 Å². The highest BCUT2D eigenvalue weighted by Gasteiger charge is 2.18. The van der Waals surface area contributed by atoms with Gasteiger partial charge in [-0.2, -0.15) is 0 Å². The largest absolute Gasteiger partial charge is 0.459 e. The Balaban J connectivity index is 1.83. The van der Waals surface area contributed by atoms with Crippen LogP contribution in [-0.2, 0) is 4.74 Å². The summed E-state index contributed by atoms with van der Waals surface area (Å²) in [6, 6.07) is 7.58. The first kappa shape index (κ1) is 15.9. The minimum absolute atomic E-state index is 0.0800. The minimum Gasteiger partial charge on any atom is -0.459 e. The van der Waals surface area contributed by atoms with Crippen LogP contribution >= 0.6 is 0 Å². The van der Waals surface area contributed by atoms with Gasteiger partial charge in [0.05, 0.1) is 11.7 Å². The van der Waals surface area contributed by atoms with Crippen molar-refractivity contribution in [2.75, 3.05) is 11.9 Å². The Morgan fingerprint density at radius 1 is 1.29 bits per heavy atom. The molecule has 1 aromatic rings. The Labute approximate surface area is 128 Å². The molecule has 1 aliphatic rings. The number of carbonyl (C=O) groups is 1. The van der Waals surface area contributed by atoms with E-state index in [1.165, 1.54) is 25.7 Å². The molecule has 1 saturated carbocycles. The summed E-state index contributed by atoms with van der Waals surface area (Å²) in [5, 5.41) is 3.49. The monoisotopic (exact) mass is 289 g/mol. The third-order valence-corrected chi connectivity index (χ3v) is 4.10. The molecule has 1 fully saturated rings. The predicted octanol–water partition coefficient (Wildman–Crippen LogP) is 4.49. The van der Waals surface area contributed by atoms with Crippen LogP contribution in [0.4, 0.5) is 5.69 Å².